The molecule has 0 aromatic heterocycles. The zero-order chi connectivity index (χ0) is 18.8. The van der Waals surface area contributed by atoms with Gasteiger partial charge in [-0.1, -0.05) is 30.5 Å². The molecule has 2 fully saturated rings. The number of carboxylic acids is 1. The maximum absolute atomic E-state index is 13.2. The first-order chi connectivity index (χ1) is 12.4. The lowest BCUT2D eigenvalue weighted by atomic mass is 9.84. The summed E-state index contributed by atoms with van der Waals surface area (Å²) in [6.45, 7) is 1.42. The van der Waals surface area contributed by atoms with Crippen LogP contribution in [0, 0.1) is 5.92 Å². The lowest BCUT2D eigenvalue weighted by molar-refractivity contribution is -0.141. The minimum Gasteiger partial charge on any atom is -0.480 e. The maximum atomic E-state index is 13.2. The van der Waals surface area contributed by atoms with Crippen LogP contribution in [0.2, 0.25) is 5.02 Å². The summed E-state index contributed by atoms with van der Waals surface area (Å²) < 4.78 is 0. The van der Waals surface area contributed by atoms with E-state index in [1.54, 1.807) is 29.2 Å². The Balaban J connectivity index is 1.87. The topological polar surface area (TPSA) is 86.7 Å². The molecule has 0 spiro atoms. The Kier molecular flexibility index (Phi) is 5.51. The molecule has 6 nitrogen and oxygen atoms in total. The number of benzene rings is 1. The Bertz CT molecular complexity index is 723. The molecule has 3 unspecified atom stereocenters. The molecule has 26 heavy (non-hydrogen) atoms. The third kappa shape index (κ3) is 3.70. The van der Waals surface area contributed by atoms with Gasteiger partial charge in [-0.15, -0.1) is 0 Å². The molecule has 1 aliphatic carbocycles. The van der Waals surface area contributed by atoms with Crippen molar-refractivity contribution < 1.29 is 19.5 Å². The molecule has 0 radical (unpaired) electrons. The number of fused-ring (bicyclic) bond motifs is 1. The summed E-state index contributed by atoms with van der Waals surface area (Å²) in [4.78, 5) is 38.6. The van der Waals surface area contributed by atoms with Crippen molar-refractivity contribution >= 4 is 29.4 Å². The van der Waals surface area contributed by atoms with Crippen molar-refractivity contribution in [2.45, 2.75) is 57.2 Å². The van der Waals surface area contributed by atoms with E-state index in [1.165, 1.54) is 6.92 Å². The van der Waals surface area contributed by atoms with Crippen LogP contribution in [0.1, 0.15) is 49.4 Å². The number of carbonyl (C=O) groups is 3. The molecule has 2 N–H and O–H groups in total. The highest BCUT2D eigenvalue weighted by Gasteiger charge is 2.47. The van der Waals surface area contributed by atoms with E-state index < -0.39 is 24.0 Å². The molecular weight excluding hydrogens is 356 g/mol. The highest BCUT2D eigenvalue weighted by molar-refractivity contribution is 6.31. The average molecular weight is 379 g/mol. The van der Waals surface area contributed by atoms with Gasteiger partial charge in [-0.3, -0.25) is 14.4 Å². The smallest absolute Gasteiger partial charge is 0.325 e. The van der Waals surface area contributed by atoms with Gasteiger partial charge < -0.3 is 15.3 Å². The predicted molar refractivity (Wildman–Crippen MR) is 97.0 cm³/mol. The average Bonchev–Trinajstić information content (AvgIpc) is 3.00. The number of hydrogen-bond donors (Lipinski definition) is 2. The molecule has 1 aromatic carbocycles. The van der Waals surface area contributed by atoms with E-state index in [1.807, 2.05) is 0 Å². The summed E-state index contributed by atoms with van der Waals surface area (Å²) in [6.07, 6.45) is 4.56. The number of rotatable bonds is 4. The van der Waals surface area contributed by atoms with Crippen molar-refractivity contribution in [3.8, 4) is 0 Å². The highest BCUT2D eigenvalue weighted by atomic mass is 35.5. The van der Waals surface area contributed by atoms with Crippen LogP contribution in [-0.2, 0) is 9.59 Å². The van der Waals surface area contributed by atoms with Crippen LogP contribution in [0.15, 0.2) is 24.3 Å². The van der Waals surface area contributed by atoms with Gasteiger partial charge in [-0.2, -0.15) is 0 Å². The first-order valence-corrected chi connectivity index (χ1v) is 9.37. The molecule has 7 heteroatoms. The lowest BCUT2D eigenvalue weighted by Gasteiger charge is -2.34. The van der Waals surface area contributed by atoms with Crippen molar-refractivity contribution in [3.63, 3.8) is 0 Å². The fourth-order valence-corrected chi connectivity index (χ4v) is 4.32. The molecule has 2 amide bonds. The molecule has 1 aromatic rings. The van der Waals surface area contributed by atoms with E-state index in [4.69, 9.17) is 16.7 Å². The zero-order valence-electron chi connectivity index (χ0n) is 14.7. The van der Waals surface area contributed by atoms with Gasteiger partial charge in [0.05, 0.1) is 0 Å². The molecule has 140 valence electrons. The van der Waals surface area contributed by atoms with Gasteiger partial charge in [0.1, 0.15) is 12.1 Å². The first kappa shape index (κ1) is 18.7. The second kappa shape index (κ2) is 7.66. The Hall–Kier alpha value is -2.08. The largest absolute Gasteiger partial charge is 0.480 e. The van der Waals surface area contributed by atoms with Crippen LogP contribution in [0.4, 0.5) is 0 Å². The molecular formula is C19H23ClN2O4. The molecule has 0 bridgehead atoms. The fraction of sp³-hybridized carbons (Fsp3) is 0.526. The molecule has 1 saturated heterocycles. The minimum absolute atomic E-state index is 0.0196. The SMILES string of the molecule is C[C@@H](NC(=O)C1CC2CCCCC2N1C(=O)c1cccc(Cl)c1)C(=O)O. The number of halogens is 1. The zero-order valence-corrected chi connectivity index (χ0v) is 15.4. The van der Waals surface area contributed by atoms with Gasteiger partial charge in [0.2, 0.25) is 5.91 Å². The van der Waals surface area contributed by atoms with E-state index in [0.29, 0.717) is 17.0 Å². The van der Waals surface area contributed by atoms with E-state index in [0.717, 1.165) is 25.7 Å². The van der Waals surface area contributed by atoms with Gasteiger partial charge in [0.15, 0.2) is 0 Å². The number of likely N-dealkylation sites (tertiary alicyclic amines) is 1. The van der Waals surface area contributed by atoms with Crippen molar-refractivity contribution in [1.82, 2.24) is 10.2 Å². The summed E-state index contributed by atoms with van der Waals surface area (Å²) in [5, 5.41) is 12.0. The van der Waals surface area contributed by atoms with Crippen molar-refractivity contribution in [1.29, 1.82) is 0 Å². The second-order valence-electron chi connectivity index (χ2n) is 7.15. The monoisotopic (exact) mass is 378 g/mol. The maximum Gasteiger partial charge on any atom is 0.325 e. The minimum atomic E-state index is -1.10. The lowest BCUT2D eigenvalue weighted by Crippen LogP contribution is -2.52. The van der Waals surface area contributed by atoms with Crippen LogP contribution in [0.25, 0.3) is 0 Å². The van der Waals surface area contributed by atoms with E-state index in [-0.39, 0.29) is 17.9 Å². The van der Waals surface area contributed by atoms with Crippen LogP contribution in [0.5, 0.6) is 0 Å². The number of amides is 2. The Labute approximate surface area is 157 Å². The van der Waals surface area contributed by atoms with Gasteiger partial charge in [-0.25, -0.2) is 0 Å². The van der Waals surface area contributed by atoms with E-state index >= 15 is 0 Å². The van der Waals surface area contributed by atoms with Gasteiger partial charge in [-0.05, 0) is 50.3 Å². The van der Waals surface area contributed by atoms with Crippen molar-refractivity contribution in [2.24, 2.45) is 5.92 Å². The molecule has 2 aliphatic rings. The van der Waals surface area contributed by atoms with Crippen molar-refractivity contribution in [3.05, 3.63) is 34.9 Å². The molecule has 1 aliphatic heterocycles. The van der Waals surface area contributed by atoms with E-state index in [9.17, 15) is 14.4 Å². The summed E-state index contributed by atoms with van der Waals surface area (Å²) in [5.41, 5.74) is 0.452. The Morgan fingerprint density at radius 1 is 1.27 bits per heavy atom. The standard InChI is InChI=1S/C19H23ClN2O4/c1-11(19(25)26)21-17(23)16-10-12-5-2-3-8-15(12)22(16)18(24)13-6-4-7-14(20)9-13/h4,6-7,9,11-12,15-16H,2-3,5,8,10H2,1H3,(H,21,23)(H,25,26)/t11-,12?,15?,16?/m1/s1. The summed E-state index contributed by atoms with van der Waals surface area (Å²) >= 11 is 6.02. The van der Waals surface area contributed by atoms with Crippen LogP contribution >= 0.6 is 11.6 Å². The first-order valence-electron chi connectivity index (χ1n) is 9.00. The summed E-state index contributed by atoms with van der Waals surface area (Å²) in [6, 6.07) is 5.10. The van der Waals surface area contributed by atoms with Crippen molar-refractivity contribution in [2.75, 3.05) is 0 Å². The van der Waals surface area contributed by atoms with Crippen LogP contribution in [-0.4, -0.2) is 45.9 Å². The highest BCUT2D eigenvalue weighted by Crippen LogP contribution is 2.40. The number of nitrogens with one attached hydrogen (secondary N) is 1. The fourth-order valence-electron chi connectivity index (χ4n) is 4.13. The normalized spacial score (nSPS) is 26.1. The third-order valence-electron chi connectivity index (χ3n) is 5.43. The predicted octanol–water partition coefficient (Wildman–Crippen LogP) is 2.70. The third-order valence-corrected chi connectivity index (χ3v) is 5.66. The van der Waals surface area contributed by atoms with Crippen LogP contribution in [0.3, 0.4) is 0 Å². The number of hydrogen-bond acceptors (Lipinski definition) is 3. The van der Waals surface area contributed by atoms with Crippen LogP contribution < -0.4 is 5.32 Å². The number of carboxylic acid groups (broad SMARTS) is 1. The summed E-state index contributed by atoms with van der Waals surface area (Å²) in [7, 11) is 0. The number of nitrogens with zero attached hydrogens (tertiary/aromatic N) is 1. The Morgan fingerprint density at radius 3 is 2.69 bits per heavy atom. The molecule has 3 rings (SSSR count). The molecule has 1 saturated carbocycles. The molecule has 4 atom stereocenters. The Morgan fingerprint density at radius 2 is 2.00 bits per heavy atom. The van der Waals surface area contributed by atoms with Gasteiger partial charge >= 0.3 is 5.97 Å². The van der Waals surface area contributed by atoms with Gasteiger partial charge in [0, 0.05) is 16.6 Å². The number of aliphatic carboxylic acids is 1. The number of carbonyl (C=O) groups excluding carboxylic acids is 2. The summed E-state index contributed by atoms with van der Waals surface area (Å²) in [5.74, 6) is -1.43. The molecule has 1 heterocycles. The second-order valence-corrected chi connectivity index (χ2v) is 7.59. The van der Waals surface area contributed by atoms with E-state index in [2.05, 4.69) is 5.32 Å². The van der Waals surface area contributed by atoms with Gasteiger partial charge in [0.25, 0.3) is 5.91 Å². The quantitative estimate of drug-likeness (QED) is 0.843.